The number of carbonyl (C=O) groups excluding carboxylic acids is 3. The van der Waals surface area contributed by atoms with Gasteiger partial charge in [0.2, 0.25) is 11.8 Å². The van der Waals surface area contributed by atoms with Crippen LogP contribution in [0.2, 0.25) is 0 Å². The fourth-order valence-corrected chi connectivity index (χ4v) is 4.57. The molecule has 37 heavy (non-hydrogen) atoms. The molecule has 0 bridgehead atoms. The van der Waals surface area contributed by atoms with E-state index >= 15 is 0 Å². The van der Waals surface area contributed by atoms with E-state index in [2.05, 4.69) is 4.98 Å². The largest absolute Gasteiger partial charge is 0.461 e. The van der Waals surface area contributed by atoms with Gasteiger partial charge in [0, 0.05) is 12.6 Å². The van der Waals surface area contributed by atoms with Crippen LogP contribution in [0.1, 0.15) is 64.5 Å². The van der Waals surface area contributed by atoms with Gasteiger partial charge in [-0.1, -0.05) is 58.0 Å². The Hall–Kier alpha value is -3.24. The Morgan fingerprint density at radius 1 is 1.19 bits per heavy atom. The van der Waals surface area contributed by atoms with Crippen LogP contribution in [0.4, 0.5) is 4.79 Å². The van der Waals surface area contributed by atoms with Crippen LogP contribution < -0.4 is 5.73 Å². The number of nitrogens with zero attached hydrogens (tertiary/aromatic N) is 3. The Morgan fingerprint density at radius 2 is 1.89 bits per heavy atom. The number of aliphatic hydroxyl groups excluding tert-OH is 1. The number of likely N-dealkylation sites (tertiary alicyclic amines) is 1. The van der Waals surface area contributed by atoms with Crippen molar-refractivity contribution in [1.82, 2.24) is 14.8 Å². The van der Waals surface area contributed by atoms with Gasteiger partial charge in [-0.15, -0.1) is 0 Å². The molecule has 1 aromatic heterocycles. The lowest BCUT2D eigenvalue weighted by molar-refractivity contribution is -0.146. The second-order valence-corrected chi connectivity index (χ2v) is 10.2. The molecule has 10 nitrogen and oxygen atoms in total. The summed E-state index contributed by atoms with van der Waals surface area (Å²) in [6, 6.07) is 6.38. The molecule has 0 radical (unpaired) electrons. The maximum absolute atomic E-state index is 14.0. The summed E-state index contributed by atoms with van der Waals surface area (Å²) in [6.45, 7) is 7.70. The number of aliphatic hydroxyl groups is 1. The van der Waals surface area contributed by atoms with Crippen LogP contribution in [-0.4, -0.2) is 62.5 Å². The van der Waals surface area contributed by atoms with E-state index in [4.69, 9.17) is 14.9 Å². The van der Waals surface area contributed by atoms with E-state index in [9.17, 15) is 19.5 Å². The zero-order valence-corrected chi connectivity index (χ0v) is 21.9. The lowest BCUT2D eigenvalue weighted by atomic mass is 9.94. The molecule has 1 aliphatic rings. The number of ether oxygens (including phenoxy) is 1. The third-order valence-electron chi connectivity index (χ3n) is 6.72. The van der Waals surface area contributed by atoms with Crippen molar-refractivity contribution in [2.24, 2.45) is 17.6 Å². The number of aromatic nitrogens is 1. The van der Waals surface area contributed by atoms with Crippen LogP contribution >= 0.6 is 0 Å². The average Bonchev–Trinajstić information content (AvgIpc) is 3.57. The van der Waals surface area contributed by atoms with Crippen molar-refractivity contribution < 1.29 is 28.6 Å². The summed E-state index contributed by atoms with van der Waals surface area (Å²) in [4.78, 5) is 46.8. The quantitative estimate of drug-likeness (QED) is 0.461. The van der Waals surface area contributed by atoms with E-state index in [0.29, 0.717) is 19.4 Å². The number of carbonyl (C=O) groups is 3. The Morgan fingerprint density at radius 3 is 2.49 bits per heavy atom. The number of esters is 1. The van der Waals surface area contributed by atoms with Crippen molar-refractivity contribution in [3.05, 3.63) is 54.2 Å². The number of nitrogens with two attached hydrogens (primary N) is 1. The third kappa shape index (κ3) is 6.95. The van der Waals surface area contributed by atoms with Gasteiger partial charge in [0.15, 0.2) is 6.10 Å². The number of imide groups is 1. The Labute approximate surface area is 217 Å². The van der Waals surface area contributed by atoms with Gasteiger partial charge in [0.1, 0.15) is 12.9 Å². The van der Waals surface area contributed by atoms with E-state index in [1.54, 1.807) is 27.7 Å². The SMILES string of the molecule is CC(C)[C@@H](C(O)c1ncco1)N(C(=O)[C@@H](N)C(C)C)C(=O)N1CCCC1CC(=O)OCc1ccccc1. The molecule has 1 fully saturated rings. The maximum Gasteiger partial charge on any atom is 0.327 e. The molecule has 10 heteroatoms. The number of hydrogen-bond acceptors (Lipinski definition) is 8. The van der Waals surface area contributed by atoms with Crippen molar-refractivity contribution in [1.29, 1.82) is 0 Å². The monoisotopic (exact) mass is 514 g/mol. The standard InChI is InChI=1S/C27H38N4O6/c1-17(2)22(28)26(34)31(23(18(3)4)24(33)25-29-12-14-36-25)27(35)30-13-8-11-20(30)15-21(32)37-16-19-9-6-5-7-10-19/h5-7,9-10,12,14,17-18,20,22-24,33H,8,11,13,15-16,28H2,1-4H3/t20?,22-,23-,24?/m0/s1. The molecule has 3 N–H and O–H groups in total. The summed E-state index contributed by atoms with van der Waals surface area (Å²) in [6.07, 6.45) is 2.64. The van der Waals surface area contributed by atoms with Crippen LogP contribution in [0.25, 0.3) is 0 Å². The van der Waals surface area contributed by atoms with Gasteiger partial charge in [0.05, 0.1) is 24.7 Å². The summed E-state index contributed by atoms with van der Waals surface area (Å²) in [5.41, 5.74) is 7.08. The van der Waals surface area contributed by atoms with Crippen LogP contribution in [-0.2, 0) is 20.9 Å². The van der Waals surface area contributed by atoms with Gasteiger partial charge in [0.25, 0.3) is 0 Å². The Kier molecular flexibility index (Phi) is 9.82. The molecule has 2 aromatic rings. The molecule has 0 aliphatic carbocycles. The second kappa shape index (κ2) is 12.8. The molecule has 2 unspecified atom stereocenters. The normalized spacial score (nSPS) is 18.1. The predicted octanol–water partition coefficient (Wildman–Crippen LogP) is 3.26. The van der Waals surface area contributed by atoms with Gasteiger partial charge >= 0.3 is 12.0 Å². The zero-order valence-electron chi connectivity index (χ0n) is 21.9. The molecule has 3 amide bonds. The minimum absolute atomic E-state index is 0.00452. The highest BCUT2D eigenvalue weighted by molar-refractivity contribution is 5.98. The molecule has 1 aromatic carbocycles. The van der Waals surface area contributed by atoms with Gasteiger partial charge in [-0.05, 0) is 30.2 Å². The molecule has 1 saturated heterocycles. The second-order valence-electron chi connectivity index (χ2n) is 10.2. The van der Waals surface area contributed by atoms with Crippen molar-refractivity contribution in [3.8, 4) is 0 Å². The van der Waals surface area contributed by atoms with Crippen molar-refractivity contribution in [2.45, 2.75) is 77.8 Å². The molecule has 1 aliphatic heterocycles. The number of urea groups is 1. The van der Waals surface area contributed by atoms with Gasteiger partial charge in [-0.3, -0.25) is 14.5 Å². The summed E-state index contributed by atoms with van der Waals surface area (Å²) < 4.78 is 10.7. The van der Waals surface area contributed by atoms with E-state index in [1.807, 2.05) is 30.3 Å². The van der Waals surface area contributed by atoms with Crippen LogP contribution in [0, 0.1) is 11.8 Å². The fourth-order valence-electron chi connectivity index (χ4n) is 4.57. The minimum atomic E-state index is -1.35. The van der Waals surface area contributed by atoms with E-state index in [-0.39, 0.29) is 30.8 Å². The summed E-state index contributed by atoms with van der Waals surface area (Å²) in [7, 11) is 0. The number of hydrogen-bond donors (Lipinski definition) is 2. The lowest BCUT2D eigenvalue weighted by Crippen LogP contribution is -2.60. The lowest BCUT2D eigenvalue weighted by Gasteiger charge is -2.40. The smallest absolute Gasteiger partial charge is 0.327 e. The number of benzene rings is 1. The van der Waals surface area contributed by atoms with Crippen molar-refractivity contribution >= 4 is 17.9 Å². The Bertz CT molecular complexity index is 1030. The molecular formula is C27H38N4O6. The Balaban J connectivity index is 1.82. The first-order chi connectivity index (χ1) is 17.6. The highest BCUT2D eigenvalue weighted by Gasteiger charge is 2.45. The average molecular weight is 515 g/mol. The third-order valence-corrected chi connectivity index (χ3v) is 6.72. The summed E-state index contributed by atoms with van der Waals surface area (Å²) in [5.74, 6) is -1.60. The molecule has 202 valence electrons. The van der Waals surface area contributed by atoms with Gasteiger partial charge < -0.3 is 24.9 Å². The number of amides is 3. The predicted molar refractivity (Wildman–Crippen MR) is 136 cm³/mol. The van der Waals surface area contributed by atoms with Crippen molar-refractivity contribution in [3.63, 3.8) is 0 Å². The minimum Gasteiger partial charge on any atom is -0.461 e. The van der Waals surface area contributed by atoms with Crippen molar-refractivity contribution in [2.75, 3.05) is 6.54 Å². The zero-order chi connectivity index (χ0) is 27.1. The first-order valence-corrected chi connectivity index (χ1v) is 12.8. The molecule has 2 heterocycles. The number of oxazole rings is 1. The van der Waals surface area contributed by atoms with Gasteiger partial charge in [-0.25, -0.2) is 9.78 Å². The highest BCUT2D eigenvalue weighted by atomic mass is 16.5. The molecule has 4 atom stereocenters. The van der Waals surface area contributed by atoms with E-state index in [0.717, 1.165) is 10.5 Å². The molecule has 3 rings (SSSR count). The van der Waals surface area contributed by atoms with Crippen LogP contribution in [0.3, 0.4) is 0 Å². The molecular weight excluding hydrogens is 476 g/mol. The number of rotatable bonds is 10. The van der Waals surface area contributed by atoms with E-state index < -0.39 is 42.1 Å². The van der Waals surface area contributed by atoms with E-state index in [1.165, 1.54) is 17.4 Å². The summed E-state index contributed by atoms with van der Waals surface area (Å²) >= 11 is 0. The first kappa shape index (κ1) is 28.3. The van der Waals surface area contributed by atoms with Gasteiger partial charge in [-0.2, -0.15) is 0 Å². The maximum atomic E-state index is 14.0. The van der Waals surface area contributed by atoms with Crippen LogP contribution in [0.5, 0.6) is 0 Å². The topological polar surface area (TPSA) is 139 Å². The fraction of sp³-hybridized carbons (Fsp3) is 0.556. The highest BCUT2D eigenvalue weighted by Crippen LogP contribution is 2.30. The molecule has 0 spiro atoms. The molecule has 0 saturated carbocycles. The van der Waals surface area contributed by atoms with Crippen LogP contribution in [0.15, 0.2) is 47.2 Å². The first-order valence-electron chi connectivity index (χ1n) is 12.8. The summed E-state index contributed by atoms with van der Waals surface area (Å²) in [5, 5.41) is 11.1.